The number of anilines is 1. The minimum Gasteiger partial charge on any atom is -0.367 e. The first-order valence-corrected chi connectivity index (χ1v) is 7.54. The van der Waals surface area contributed by atoms with E-state index in [1.54, 1.807) is 0 Å². The summed E-state index contributed by atoms with van der Waals surface area (Å²) in [6, 6.07) is 6.27. The summed E-state index contributed by atoms with van der Waals surface area (Å²) in [5.41, 5.74) is 2.29. The molecule has 0 aliphatic carbocycles. The van der Waals surface area contributed by atoms with Gasteiger partial charge in [-0.05, 0) is 34.1 Å². The smallest absolute Gasteiger partial charge is 0.0734 e. The Kier molecular flexibility index (Phi) is 5.06. The molecule has 2 aromatic rings. The summed E-state index contributed by atoms with van der Waals surface area (Å²) < 4.78 is 2.13. The number of hydrogen-bond donors (Lipinski definition) is 1. The molecule has 0 spiro atoms. The predicted molar refractivity (Wildman–Crippen MR) is 89.5 cm³/mol. The van der Waals surface area contributed by atoms with Gasteiger partial charge in [-0.3, -0.25) is 4.98 Å². The fourth-order valence-corrected chi connectivity index (χ4v) is 3.25. The van der Waals surface area contributed by atoms with Gasteiger partial charge in [0.25, 0.3) is 0 Å². The fourth-order valence-electron chi connectivity index (χ4n) is 2.34. The Labute approximate surface area is 135 Å². The zero-order chi connectivity index (χ0) is 12.5. The minimum absolute atomic E-state index is 0. The van der Waals surface area contributed by atoms with E-state index in [-0.39, 0.29) is 12.4 Å². The molecule has 0 amide bonds. The van der Waals surface area contributed by atoms with E-state index in [2.05, 4.69) is 65.3 Å². The third kappa shape index (κ3) is 3.05. The van der Waals surface area contributed by atoms with Crippen molar-refractivity contribution in [1.82, 2.24) is 10.3 Å². The van der Waals surface area contributed by atoms with Crippen molar-refractivity contribution in [3.63, 3.8) is 0 Å². The van der Waals surface area contributed by atoms with Crippen LogP contribution in [0, 0.1) is 0 Å². The number of benzene rings is 1. The van der Waals surface area contributed by atoms with Crippen molar-refractivity contribution in [2.45, 2.75) is 0 Å². The number of rotatable bonds is 1. The largest absolute Gasteiger partial charge is 0.367 e. The lowest BCUT2D eigenvalue weighted by molar-refractivity contribution is 0.589. The number of halogens is 3. The van der Waals surface area contributed by atoms with Crippen molar-refractivity contribution in [2.24, 2.45) is 0 Å². The van der Waals surface area contributed by atoms with Gasteiger partial charge >= 0.3 is 0 Å². The third-order valence-electron chi connectivity index (χ3n) is 3.19. The van der Waals surface area contributed by atoms with E-state index in [0.29, 0.717) is 0 Å². The molecule has 19 heavy (non-hydrogen) atoms. The molecule has 1 saturated heterocycles. The highest BCUT2D eigenvalue weighted by Crippen LogP contribution is 2.34. The number of hydrogen-bond acceptors (Lipinski definition) is 3. The molecule has 0 atom stereocenters. The van der Waals surface area contributed by atoms with Crippen LogP contribution in [-0.4, -0.2) is 31.2 Å². The molecule has 0 saturated carbocycles. The number of pyridine rings is 1. The van der Waals surface area contributed by atoms with Gasteiger partial charge in [0.2, 0.25) is 0 Å². The van der Waals surface area contributed by atoms with E-state index >= 15 is 0 Å². The molecule has 1 aliphatic heterocycles. The summed E-state index contributed by atoms with van der Waals surface area (Å²) in [4.78, 5) is 6.89. The molecule has 3 nitrogen and oxygen atoms in total. The van der Waals surface area contributed by atoms with E-state index in [4.69, 9.17) is 0 Å². The highest BCUT2D eigenvalue weighted by molar-refractivity contribution is 9.10. The molecular weight excluding hydrogens is 393 g/mol. The zero-order valence-electron chi connectivity index (χ0n) is 10.2. The first-order chi connectivity index (χ1) is 8.75. The molecule has 0 unspecified atom stereocenters. The maximum atomic E-state index is 4.48. The molecule has 1 fully saturated rings. The van der Waals surface area contributed by atoms with Gasteiger partial charge < -0.3 is 10.2 Å². The number of aromatic nitrogens is 1. The summed E-state index contributed by atoms with van der Waals surface area (Å²) in [6.45, 7) is 4.14. The van der Waals surface area contributed by atoms with E-state index in [1.807, 2.05) is 6.20 Å². The lowest BCUT2D eigenvalue weighted by Crippen LogP contribution is -2.43. The quantitative estimate of drug-likeness (QED) is 0.783. The Morgan fingerprint density at radius 2 is 1.89 bits per heavy atom. The van der Waals surface area contributed by atoms with Crippen LogP contribution in [-0.2, 0) is 0 Å². The Morgan fingerprint density at radius 1 is 1.16 bits per heavy atom. The van der Waals surface area contributed by atoms with E-state index < -0.39 is 0 Å². The molecule has 3 rings (SSSR count). The molecule has 1 aliphatic rings. The van der Waals surface area contributed by atoms with Crippen LogP contribution >= 0.6 is 44.3 Å². The lowest BCUT2D eigenvalue weighted by atomic mass is 10.1. The molecule has 1 aromatic heterocycles. The molecule has 0 bridgehead atoms. The van der Waals surface area contributed by atoms with Gasteiger partial charge in [0.05, 0.1) is 15.7 Å². The Morgan fingerprint density at radius 3 is 2.63 bits per heavy atom. The third-order valence-corrected chi connectivity index (χ3v) is 4.26. The molecule has 6 heteroatoms. The summed E-state index contributed by atoms with van der Waals surface area (Å²) in [7, 11) is 0. The van der Waals surface area contributed by atoms with Crippen LogP contribution < -0.4 is 10.2 Å². The number of piperazine rings is 1. The number of fused-ring (bicyclic) bond motifs is 1. The highest BCUT2D eigenvalue weighted by atomic mass is 79.9. The van der Waals surface area contributed by atoms with Gasteiger partial charge in [-0.15, -0.1) is 12.4 Å². The van der Waals surface area contributed by atoms with Crippen molar-refractivity contribution in [3.05, 3.63) is 33.3 Å². The van der Waals surface area contributed by atoms with Crippen molar-refractivity contribution < 1.29 is 0 Å². The van der Waals surface area contributed by atoms with Gasteiger partial charge in [0.15, 0.2) is 0 Å². The molecular formula is C13H14Br2ClN3. The maximum Gasteiger partial charge on any atom is 0.0734 e. The Bertz CT molecular complexity index is 585. The van der Waals surface area contributed by atoms with Crippen molar-refractivity contribution in [1.29, 1.82) is 0 Å². The second kappa shape index (κ2) is 6.39. The van der Waals surface area contributed by atoms with Crippen molar-refractivity contribution in [3.8, 4) is 0 Å². The summed E-state index contributed by atoms with van der Waals surface area (Å²) >= 11 is 7.13. The van der Waals surface area contributed by atoms with E-state index in [9.17, 15) is 0 Å². The van der Waals surface area contributed by atoms with Crippen LogP contribution in [0.2, 0.25) is 0 Å². The predicted octanol–water partition coefficient (Wildman–Crippen LogP) is 3.59. The second-order valence-corrected chi connectivity index (χ2v) is 6.12. The van der Waals surface area contributed by atoms with Crippen LogP contribution in [0.1, 0.15) is 0 Å². The van der Waals surface area contributed by atoms with Crippen LogP contribution in [0.15, 0.2) is 33.3 Å². The molecule has 102 valence electrons. The van der Waals surface area contributed by atoms with Crippen molar-refractivity contribution >= 4 is 60.9 Å². The minimum atomic E-state index is 0. The van der Waals surface area contributed by atoms with Crippen LogP contribution in [0.4, 0.5) is 5.69 Å². The van der Waals surface area contributed by atoms with Crippen LogP contribution in [0.25, 0.3) is 10.9 Å². The SMILES string of the molecule is Brc1ccc2c(N3CCNCC3)c(Br)cnc2c1.Cl. The van der Waals surface area contributed by atoms with Gasteiger partial charge in [0.1, 0.15) is 0 Å². The molecule has 1 aromatic carbocycles. The standard InChI is InChI=1S/C13H13Br2N3.ClH/c14-9-1-2-10-12(7-9)17-8-11(15)13(10)18-5-3-16-4-6-18;/h1-2,7-8,16H,3-6H2;1H. The number of nitrogens with zero attached hydrogens (tertiary/aromatic N) is 2. The topological polar surface area (TPSA) is 28.2 Å². The van der Waals surface area contributed by atoms with Crippen LogP contribution in [0.3, 0.4) is 0 Å². The van der Waals surface area contributed by atoms with Gasteiger partial charge in [-0.1, -0.05) is 15.9 Å². The van der Waals surface area contributed by atoms with Gasteiger partial charge in [0, 0.05) is 42.2 Å². The van der Waals surface area contributed by atoms with E-state index in [1.165, 1.54) is 11.1 Å². The summed E-state index contributed by atoms with van der Waals surface area (Å²) in [5.74, 6) is 0. The highest BCUT2D eigenvalue weighted by Gasteiger charge is 2.16. The van der Waals surface area contributed by atoms with E-state index in [0.717, 1.165) is 40.6 Å². The monoisotopic (exact) mass is 405 g/mol. The normalized spacial score (nSPS) is 15.4. The zero-order valence-corrected chi connectivity index (χ0v) is 14.2. The van der Waals surface area contributed by atoms with Gasteiger partial charge in [-0.25, -0.2) is 0 Å². The first kappa shape index (κ1) is 15.0. The van der Waals surface area contributed by atoms with Crippen LogP contribution in [0.5, 0.6) is 0 Å². The number of nitrogens with one attached hydrogen (secondary N) is 1. The maximum absolute atomic E-state index is 4.48. The summed E-state index contributed by atoms with van der Waals surface area (Å²) in [6.07, 6.45) is 1.89. The average molecular weight is 408 g/mol. The van der Waals surface area contributed by atoms with Crippen molar-refractivity contribution in [2.75, 3.05) is 31.1 Å². The Balaban J connectivity index is 0.00000133. The summed E-state index contributed by atoms with van der Waals surface area (Å²) in [5, 5.41) is 4.58. The first-order valence-electron chi connectivity index (χ1n) is 5.95. The molecule has 0 radical (unpaired) electrons. The molecule has 1 N–H and O–H groups in total. The second-order valence-electron chi connectivity index (χ2n) is 4.35. The van der Waals surface area contributed by atoms with Gasteiger partial charge in [-0.2, -0.15) is 0 Å². The average Bonchev–Trinajstić information content (AvgIpc) is 2.40. The Hall–Kier alpha value is -0.360. The lowest BCUT2D eigenvalue weighted by Gasteiger charge is -2.31. The fraction of sp³-hybridized carbons (Fsp3) is 0.308. The molecule has 2 heterocycles.